The van der Waals surface area contributed by atoms with E-state index in [2.05, 4.69) is 36.6 Å². The van der Waals surface area contributed by atoms with Crippen molar-refractivity contribution in [3.8, 4) is 11.1 Å². The molecule has 1 atom stereocenters. The Kier molecular flexibility index (Phi) is 5.40. The summed E-state index contributed by atoms with van der Waals surface area (Å²) in [6.07, 6.45) is 5.27. The van der Waals surface area contributed by atoms with Crippen LogP contribution in [0.3, 0.4) is 0 Å². The topological polar surface area (TPSA) is 125 Å². The smallest absolute Gasteiger partial charge is 0.321 e. The maximum Gasteiger partial charge on any atom is 0.321 e. The van der Waals surface area contributed by atoms with Crippen LogP contribution in [-0.4, -0.2) is 44.2 Å². The Labute approximate surface area is 174 Å². The van der Waals surface area contributed by atoms with Crippen molar-refractivity contribution in [1.29, 1.82) is 0 Å². The molecule has 1 aromatic carbocycles. The van der Waals surface area contributed by atoms with Crippen LogP contribution in [0.5, 0.6) is 0 Å². The lowest BCUT2D eigenvalue weighted by Crippen LogP contribution is -2.28. The first-order valence-electron chi connectivity index (χ1n) is 10.1. The van der Waals surface area contributed by atoms with Crippen molar-refractivity contribution in [2.24, 2.45) is 0 Å². The van der Waals surface area contributed by atoms with Gasteiger partial charge in [0.2, 0.25) is 5.95 Å². The number of hydrogen-bond acceptors (Lipinski definition) is 6. The van der Waals surface area contributed by atoms with Crippen LogP contribution in [0.15, 0.2) is 24.5 Å². The number of nitrogens with one attached hydrogen (secondary N) is 3. The number of aromatic nitrogens is 4. The van der Waals surface area contributed by atoms with Gasteiger partial charge >= 0.3 is 6.03 Å². The minimum absolute atomic E-state index is 0.0400. The highest BCUT2D eigenvalue weighted by molar-refractivity contribution is 5.92. The number of fused-ring (bicyclic) bond motifs is 1. The van der Waals surface area contributed by atoms with Gasteiger partial charge in [-0.15, -0.1) is 0 Å². The third-order valence-electron chi connectivity index (χ3n) is 5.00. The molecular weight excluding hydrogens is 384 g/mol. The first kappa shape index (κ1) is 20.2. The van der Waals surface area contributed by atoms with Crippen LogP contribution in [-0.2, 0) is 10.3 Å². The number of aromatic amines is 1. The summed E-state index contributed by atoms with van der Waals surface area (Å²) in [5, 5.41) is 15.5. The number of urea groups is 1. The van der Waals surface area contributed by atoms with Gasteiger partial charge in [0.1, 0.15) is 5.60 Å². The molecule has 9 nitrogen and oxygen atoms in total. The predicted octanol–water partition coefficient (Wildman–Crippen LogP) is 3.24. The summed E-state index contributed by atoms with van der Waals surface area (Å²) >= 11 is 0. The molecule has 4 N–H and O–H groups in total. The second-order valence-corrected chi connectivity index (χ2v) is 7.89. The zero-order chi connectivity index (χ0) is 21.3. The van der Waals surface area contributed by atoms with Crippen molar-refractivity contribution in [1.82, 2.24) is 25.3 Å². The minimum Gasteiger partial charge on any atom is -0.382 e. The number of carbonyl (C=O) groups is 1. The van der Waals surface area contributed by atoms with E-state index in [0.717, 1.165) is 47.2 Å². The molecule has 3 heterocycles. The number of anilines is 1. The third-order valence-corrected chi connectivity index (χ3v) is 5.00. The highest BCUT2D eigenvalue weighted by Crippen LogP contribution is 2.36. The average molecular weight is 410 g/mol. The Morgan fingerprint density at radius 3 is 2.70 bits per heavy atom. The molecule has 0 radical (unpaired) electrons. The molecule has 1 aliphatic heterocycles. The fourth-order valence-corrected chi connectivity index (χ4v) is 3.55. The van der Waals surface area contributed by atoms with Crippen LogP contribution in [0, 0.1) is 0 Å². The van der Waals surface area contributed by atoms with Gasteiger partial charge in [-0.25, -0.2) is 19.7 Å². The molecule has 9 heteroatoms. The molecule has 0 aliphatic carbocycles. The molecule has 0 bridgehead atoms. The molecule has 1 unspecified atom stereocenters. The normalized spacial score (nSPS) is 16.7. The van der Waals surface area contributed by atoms with Crippen molar-refractivity contribution in [2.45, 2.75) is 45.3 Å². The van der Waals surface area contributed by atoms with Crippen LogP contribution in [0.1, 0.15) is 51.1 Å². The standard InChI is InChI=1S/C21H26N6O3/c1-4-22-20(28)27-19-25-15-9-12(13-10-23-18(24-11-13)21(2,3)29)8-14(17(15)26-19)16-6-5-7-30-16/h8-11,16,29H,4-7H2,1-3H3,(H3,22,25,26,27,28). The van der Waals surface area contributed by atoms with Crippen LogP contribution in [0.4, 0.5) is 10.7 Å². The maximum atomic E-state index is 11.9. The lowest BCUT2D eigenvalue weighted by molar-refractivity contribution is 0.0687. The predicted molar refractivity (Wildman–Crippen MR) is 113 cm³/mol. The Morgan fingerprint density at radius 2 is 2.07 bits per heavy atom. The molecule has 158 valence electrons. The number of nitrogens with zero attached hydrogens (tertiary/aromatic N) is 3. The van der Waals surface area contributed by atoms with Gasteiger partial charge < -0.3 is 20.1 Å². The Morgan fingerprint density at radius 1 is 1.30 bits per heavy atom. The lowest BCUT2D eigenvalue weighted by atomic mass is 9.99. The van der Waals surface area contributed by atoms with Crippen LogP contribution in [0.25, 0.3) is 22.2 Å². The fraction of sp³-hybridized carbons (Fsp3) is 0.429. The number of rotatable bonds is 5. The van der Waals surface area contributed by atoms with E-state index in [1.54, 1.807) is 26.2 Å². The molecule has 0 spiro atoms. The number of ether oxygens (including phenoxy) is 1. The van der Waals surface area contributed by atoms with Crippen molar-refractivity contribution >= 4 is 23.0 Å². The van der Waals surface area contributed by atoms with Crippen molar-refractivity contribution in [3.63, 3.8) is 0 Å². The van der Waals surface area contributed by atoms with E-state index in [4.69, 9.17) is 4.74 Å². The van der Waals surface area contributed by atoms with Crippen LogP contribution in [0.2, 0.25) is 0 Å². The van der Waals surface area contributed by atoms with Gasteiger partial charge in [0, 0.05) is 36.7 Å². The Bertz CT molecular complexity index is 1050. The summed E-state index contributed by atoms with van der Waals surface area (Å²) in [6.45, 7) is 6.40. The molecule has 1 saturated heterocycles. The molecule has 1 aliphatic rings. The highest BCUT2D eigenvalue weighted by Gasteiger charge is 2.24. The van der Waals surface area contributed by atoms with E-state index >= 15 is 0 Å². The number of imidazole rings is 1. The molecule has 30 heavy (non-hydrogen) atoms. The number of carbonyl (C=O) groups excluding carboxylic acids is 1. The second kappa shape index (κ2) is 8.00. The monoisotopic (exact) mass is 410 g/mol. The molecular formula is C21H26N6O3. The summed E-state index contributed by atoms with van der Waals surface area (Å²) in [5.74, 6) is 0.737. The molecule has 1 fully saturated rings. The molecule has 2 amide bonds. The summed E-state index contributed by atoms with van der Waals surface area (Å²) < 4.78 is 5.92. The fourth-order valence-electron chi connectivity index (χ4n) is 3.55. The van der Waals surface area contributed by atoms with Gasteiger partial charge in [0.05, 0.1) is 17.1 Å². The number of aliphatic hydroxyl groups is 1. The average Bonchev–Trinajstić information content (AvgIpc) is 3.36. The molecule has 3 aromatic rings. The summed E-state index contributed by atoms with van der Waals surface area (Å²) in [4.78, 5) is 28.3. The highest BCUT2D eigenvalue weighted by atomic mass is 16.5. The van der Waals surface area contributed by atoms with Crippen molar-refractivity contribution in [2.75, 3.05) is 18.5 Å². The number of amides is 2. The molecule has 2 aromatic heterocycles. The molecule has 4 rings (SSSR count). The van der Waals surface area contributed by atoms with Gasteiger partial charge in [0.25, 0.3) is 0 Å². The van der Waals surface area contributed by atoms with Gasteiger partial charge in [-0.1, -0.05) is 0 Å². The van der Waals surface area contributed by atoms with Gasteiger partial charge in [-0.3, -0.25) is 5.32 Å². The van der Waals surface area contributed by atoms with Gasteiger partial charge in [0.15, 0.2) is 5.82 Å². The number of benzene rings is 1. The van der Waals surface area contributed by atoms with Crippen LogP contribution < -0.4 is 10.6 Å². The zero-order valence-electron chi connectivity index (χ0n) is 17.3. The SMILES string of the molecule is CCNC(=O)Nc1nc2cc(-c3cnc(C(C)(C)O)nc3)cc(C3CCCO3)c2[nH]1. The van der Waals surface area contributed by atoms with Crippen LogP contribution >= 0.6 is 0 Å². The third kappa shape index (κ3) is 4.12. The van der Waals surface area contributed by atoms with Crippen molar-refractivity contribution in [3.05, 3.63) is 35.9 Å². The first-order valence-corrected chi connectivity index (χ1v) is 10.1. The summed E-state index contributed by atoms with van der Waals surface area (Å²) in [5.41, 5.74) is 3.15. The minimum atomic E-state index is -1.10. The lowest BCUT2D eigenvalue weighted by Gasteiger charge is -2.16. The molecule has 0 saturated carbocycles. The Hall–Kier alpha value is -3.04. The first-order chi connectivity index (χ1) is 14.3. The Balaban J connectivity index is 1.75. The van der Waals surface area contributed by atoms with Crippen molar-refractivity contribution < 1.29 is 14.6 Å². The van der Waals surface area contributed by atoms with E-state index in [1.807, 2.05) is 13.0 Å². The number of hydrogen-bond donors (Lipinski definition) is 4. The van der Waals surface area contributed by atoms with E-state index in [-0.39, 0.29) is 12.1 Å². The van der Waals surface area contributed by atoms with E-state index in [1.165, 1.54) is 0 Å². The van der Waals surface area contributed by atoms with Gasteiger partial charge in [-0.2, -0.15) is 0 Å². The van der Waals surface area contributed by atoms with E-state index in [0.29, 0.717) is 18.3 Å². The quantitative estimate of drug-likeness (QED) is 0.512. The zero-order valence-corrected chi connectivity index (χ0v) is 17.3. The maximum absolute atomic E-state index is 11.9. The second-order valence-electron chi connectivity index (χ2n) is 7.89. The summed E-state index contributed by atoms with van der Waals surface area (Å²) in [6, 6.07) is 3.66. The largest absolute Gasteiger partial charge is 0.382 e. The van der Waals surface area contributed by atoms with Gasteiger partial charge in [-0.05, 0) is 51.3 Å². The number of H-pyrrole nitrogens is 1. The summed E-state index contributed by atoms with van der Waals surface area (Å²) in [7, 11) is 0. The van der Waals surface area contributed by atoms with E-state index < -0.39 is 5.60 Å². The van der Waals surface area contributed by atoms with E-state index in [9.17, 15) is 9.90 Å².